The molecule has 1 aromatic carbocycles. The van der Waals surface area contributed by atoms with E-state index in [-0.39, 0.29) is 11.9 Å². The first-order valence-electron chi connectivity index (χ1n) is 6.31. The summed E-state index contributed by atoms with van der Waals surface area (Å²) in [5, 5.41) is 3.26. The van der Waals surface area contributed by atoms with E-state index in [0.29, 0.717) is 0 Å². The molecule has 94 valence electrons. The molecule has 1 rings (SSSR count). The third-order valence-electron chi connectivity index (χ3n) is 2.86. The Balaban J connectivity index is 2.89. The highest BCUT2D eigenvalue weighted by atomic mass is 16.2. The van der Waals surface area contributed by atoms with Crippen molar-refractivity contribution in [1.29, 1.82) is 0 Å². The smallest absolute Gasteiger partial charge is 0.244 e. The maximum atomic E-state index is 12.4. The summed E-state index contributed by atoms with van der Waals surface area (Å²) in [6.45, 7) is 8.33. The molecule has 1 unspecified atom stereocenters. The molecule has 0 saturated heterocycles. The number of hydrogen-bond donors (Lipinski definition) is 1. The van der Waals surface area contributed by atoms with Gasteiger partial charge in [0.05, 0.1) is 0 Å². The Morgan fingerprint density at radius 2 is 1.76 bits per heavy atom. The Kier molecular flexibility index (Phi) is 5.70. The normalized spacial score (nSPS) is 12.2. The summed E-state index contributed by atoms with van der Waals surface area (Å²) in [7, 11) is 0. The molecule has 0 aliphatic rings. The van der Waals surface area contributed by atoms with Crippen molar-refractivity contribution in [1.82, 2.24) is 10.2 Å². The summed E-state index contributed by atoms with van der Waals surface area (Å²) < 4.78 is 0. The second-order valence-corrected chi connectivity index (χ2v) is 3.91. The Morgan fingerprint density at radius 1 is 1.18 bits per heavy atom. The molecule has 0 bridgehead atoms. The minimum atomic E-state index is -0.221. The highest BCUT2D eigenvalue weighted by Gasteiger charge is 2.22. The molecular weight excluding hydrogens is 212 g/mol. The summed E-state index contributed by atoms with van der Waals surface area (Å²) in [6.07, 6.45) is 0. The van der Waals surface area contributed by atoms with Gasteiger partial charge in [-0.15, -0.1) is 0 Å². The summed E-state index contributed by atoms with van der Waals surface area (Å²) in [5.74, 6) is 0.156. The van der Waals surface area contributed by atoms with Gasteiger partial charge >= 0.3 is 0 Å². The lowest BCUT2D eigenvalue weighted by Gasteiger charge is -2.25. The van der Waals surface area contributed by atoms with Crippen LogP contribution in [0, 0.1) is 0 Å². The molecule has 0 aliphatic carbocycles. The number of likely N-dealkylation sites (N-methyl/N-ethyl adjacent to an activating group) is 2. The molecule has 1 N–H and O–H groups in total. The van der Waals surface area contributed by atoms with E-state index < -0.39 is 0 Å². The fourth-order valence-corrected chi connectivity index (χ4v) is 1.92. The number of amides is 1. The van der Waals surface area contributed by atoms with Crippen molar-refractivity contribution in [3.8, 4) is 0 Å². The number of hydrogen-bond acceptors (Lipinski definition) is 2. The van der Waals surface area contributed by atoms with Gasteiger partial charge in [-0.2, -0.15) is 0 Å². The van der Waals surface area contributed by atoms with Gasteiger partial charge < -0.3 is 10.2 Å². The first-order valence-corrected chi connectivity index (χ1v) is 6.31. The zero-order valence-electron chi connectivity index (χ0n) is 10.9. The highest BCUT2D eigenvalue weighted by molar-refractivity contribution is 5.83. The van der Waals surface area contributed by atoms with Gasteiger partial charge in [-0.1, -0.05) is 37.3 Å². The van der Waals surface area contributed by atoms with Crippen LogP contribution >= 0.6 is 0 Å². The zero-order chi connectivity index (χ0) is 12.7. The van der Waals surface area contributed by atoms with Crippen molar-refractivity contribution in [2.75, 3.05) is 19.6 Å². The molecule has 0 aliphatic heterocycles. The molecule has 0 heterocycles. The molecule has 1 amide bonds. The summed E-state index contributed by atoms with van der Waals surface area (Å²) in [6, 6.07) is 9.67. The topological polar surface area (TPSA) is 32.3 Å². The maximum Gasteiger partial charge on any atom is 0.244 e. The van der Waals surface area contributed by atoms with Gasteiger partial charge in [-0.3, -0.25) is 4.79 Å². The zero-order valence-corrected chi connectivity index (χ0v) is 10.9. The molecule has 1 atom stereocenters. The molecule has 17 heavy (non-hydrogen) atoms. The van der Waals surface area contributed by atoms with Gasteiger partial charge in [0.25, 0.3) is 0 Å². The molecule has 0 spiro atoms. The number of rotatable bonds is 6. The number of carbonyl (C=O) groups excluding carboxylic acids is 1. The van der Waals surface area contributed by atoms with E-state index in [0.717, 1.165) is 25.2 Å². The first-order chi connectivity index (χ1) is 8.24. The third-order valence-corrected chi connectivity index (χ3v) is 2.86. The van der Waals surface area contributed by atoms with E-state index in [1.54, 1.807) is 0 Å². The van der Waals surface area contributed by atoms with Gasteiger partial charge in [-0.25, -0.2) is 0 Å². The van der Waals surface area contributed by atoms with Crippen LogP contribution in [0.1, 0.15) is 32.4 Å². The minimum Gasteiger partial charge on any atom is -0.342 e. The van der Waals surface area contributed by atoms with Crippen LogP contribution in [-0.4, -0.2) is 30.4 Å². The van der Waals surface area contributed by atoms with Crippen LogP contribution in [0.4, 0.5) is 0 Å². The quantitative estimate of drug-likeness (QED) is 0.818. The van der Waals surface area contributed by atoms with Crippen LogP contribution < -0.4 is 5.32 Å². The fourth-order valence-electron chi connectivity index (χ4n) is 1.92. The predicted molar refractivity (Wildman–Crippen MR) is 70.8 cm³/mol. The van der Waals surface area contributed by atoms with Gasteiger partial charge in [0.1, 0.15) is 6.04 Å². The number of nitrogens with one attached hydrogen (secondary N) is 1. The van der Waals surface area contributed by atoms with Crippen molar-refractivity contribution in [2.45, 2.75) is 26.8 Å². The lowest BCUT2D eigenvalue weighted by Crippen LogP contribution is -2.40. The van der Waals surface area contributed by atoms with Crippen LogP contribution in [0.25, 0.3) is 0 Å². The molecule has 3 nitrogen and oxygen atoms in total. The van der Waals surface area contributed by atoms with Crippen LogP contribution in [0.2, 0.25) is 0 Å². The number of nitrogens with zero attached hydrogens (tertiary/aromatic N) is 1. The molecule has 3 heteroatoms. The molecule has 0 radical (unpaired) electrons. The van der Waals surface area contributed by atoms with Gasteiger partial charge in [0.2, 0.25) is 5.91 Å². The first kappa shape index (κ1) is 13.7. The average Bonchev–Trinajstić information content (AvgIpc) is 2.38. The summed E-state index contributed by atoms with van der Waals surface area (Å²) >= 11 is 0. The second-order valence-electron chi connectivity index (χ2n) is 3.91. The van der Waals surface area contributed by atoms with Crippen molar-refractivity contribution in [3.05, 3.63) is 35.9 Å². The van der Waals surface area contributed by atoms with E-state index >= 15 is 0 Å². The predicted octanol–water partition coefficient (Wildman–Crippen LogP) is 2.21. The highest BCUT2D eigenvalue weighted by Crippen LogP contribution is 2.15. The molecule has 0 saturated carbocycles. The Bertz CT molecular complexity index is 333. The molecular formula is C14H22N2O. The second kappa shape index (κ2) is 7.07. The van der Waals surface area contributed by atoms with Gasteiger partial charge in [-0.05, 0) is 26.0 Å². The van der Waals surface area contributed by atoms with Crippen molar-refractivity contribution >= 4 is 5.91 Å². The van der Waals surface area contributed by atoms with Gasteiger partial charge in [0.15, 0.2) is 0 Å². The van der Waals surface area contributed by atoms with Crippen molar-refractivity contribution in [2.24, 2.45) is 0 Å². The number of benzene rings is 1. The van der Waals surface area contributed by atoms with Crippen LogP contribution in [0.15, 0.2) is 30.3 Å². The Morgan fingerprint density at radius 3 is 2.24 bits per heavy atom. The largest absolute Gasteiger partial charge is 0.342 e. The molecule has 0 fully saturated rings. The fraction of sp³-hybridized carbons (Fsp3) is 0.500. The van der Waals surface area contributed by atoms with E-state index in [4.69, 9.17) is 0 Å². The Labute approximate surface area is 104 Å². The van der Waals surface area contributed by atoms with Crippen molar-refractivity contribution < 1.29 is 4.79 Å². The maximum absolute atomic E-state index is 12.4. The molecule has 1 aromatic rings. The van der Waals surface area contributed by atoms with Gasteiger partial charge in [0, 0.05) is 13.1 Å². The van der Waals surface area contributed by atoms with E-state index in [9.17, 15) is 4.79 Å². The van der Waals surface area contributed by atoms with E-state index in [2.05, 4.69) is 5.32 Å². The molecule has 0 aromatic heterocycles. The summed E-state index contributed by atoms with van der Waals surface area (Å²) in [5.41, 5.74) is 1.03. The Hall–Kier alpha value is -1.35. The van der Waals surface area contributed by atoms with Crippen LogP contribution in [0.3, 0.4) is 0 Å². The lowest BCUT2D eigenvalue weighted by molar-refractivity contribution is -0.133. The average molecular weight is 234 g/mol. The van der Waals surface area contributed by atoms with Crippen LogP contribution in [-0.2, 0) is 4.79 Å². The van der Waals surface area contributed by atoms with E-state index in [1.165, 1.54) is 0 Å². The lowest BCUT2D eigenvalue weighted by atomic mass is 10.1. The third kappa shape index (κ3) is 3.56. The minimum absolute atomic E-state index is 0.156. The summed E-state index contributed by atoms with van der Waals surface area (Å²) in [4.78, 5) is 14.2. The number of carbonyl (C=O) groups is 1. The standard InChI is InChI=1S/C14H22N2O/c1-4-15-13(12-10-8-7-9-11-12)14(17)16(5-2)6-3/h7-11,13,15H,4-6H2,1-3H3. The van der Waals surface area contributed by atoms with Crippen LogP contribution in [0.5, 0.6) is 0 Å². The SMILES string of the molecule is CCNC(C(=O)N(CC)CC)c1ccccc1. The van der Waals surface area contributed by atoms with E-state index in [1.807, 2.05) is 56.0 Å². The van der Waals surface area contributed by atoms with Crippen molar-refractivity contribution in [3.63, 3.8) is 0 Å². The monoisotopic (exact) mass is 234 g/mol.